The zero-order chi connectivity index (χ0) is 29.1. The fourth-order valence-electron chi connectivity index (χ4n) is 5.40. The first kappa shape index (κ1) is 27.2. The van der Waals surface area contributed by atoms with Gasteiger partial charge in [-0.15, -0.1) is 11.3 Å². The molecule has 0 spiro atoms. The Morgan fingerprint density at radius 2 is 1.93 bits per heavy atom. The normalized spacial score (nSPS) is 16.2. The van der Waals surface area contributed by atoms with Gasteiger partial charge in [-0.05, 0) is 56.5 Å². The second kappa shape index (κ2) is 10.1. The topological polar surface area (TPSA) is 111 Å². The largest absolute Gasteiger partial charge is 0.361 e. The summed E-state index contributed by atoms with van der Waals surface area (Å²) in [7, 11) is -3.32. The fraction of sp³-hybridized carbons (Fsp3) is 0.286. The zero-order valence-electron chi connectivity index (χ0n) is 22.4. The summed E-state index contributed by atoms with van der Waals surface area (Å²) in [5, 5.41) is 6.27. The minimum atomic E-state index is -3.32. The highest BCUT2D eigenvalue weighted by atomic mass is 32.2. The Balaban J connectivity index is 1.56. The van der Waals surface area contributed by atoms with E-state index < -0.39 is 27.5 Å². The van der Waals surface area contributed by atoms with Crippen molar-refractivity contribution < 1.29 is 26.5 Å². The van der Waals surface area contributed by atoms with Crippen molar-refractivity contribution in [3.63, 3.8) is 0 Å². The number of thiazole rings is 1. The summed E-state index contributed by atoms with van der Waals surface area (Å²) < 4.78 is 59.2. The average Bonchev–Trinajstić information content (AvgIpc) is 3.60. The SMILES string of the molecule is Cc1noc(C)c1-c1ccn2c(-c3nc(CS(C)(=O)=O)cs3)c([C@@H]3CCCC(=O)N3c3ccc(F)c(F)c3)nc2c1. The lowest BCUT2D eigenvalue weighted by atomic mass is 9.96. The maximum atomic E-state index is 14.3. The number of benzene rings is 1. The summed E-state index contributed by atoms with van der Waals surface area (Å²) in [4.78, 5) is 24.3. The minimum absolute atomic E-state index is 0.214. The molecule has 4 aromatic heterocycles. The number of halogens is 2. The summed E-state index contributed by atoms with van der Waals surface area (Å²) in [6, 6.07) is 6.59. The van der Waals surface area contributed by atoms with Crippen molar-refractivity contribution in [3.8, 4) is 21.8 Å². The third-order valence-electron chi connectivity index (χ3n) is 7.09. The molecule has 0 aliphatic carbocycles. The molecule has 0 saturated carbocycles. The number of rotatable bonds is 6. The first-order valence-corrected chi connectivity index (χ1v) is 15.8. The van der Waals surface area contributed by atoms with Crippen molar-refractivity contribution in [2.24, 2.45) is 0 Å². The molecule has 0 unspecified atom stereocenters. The molecular weight excluding hydrogens is 572 g/mol. The monoisotopic (exact) mass is 597 g/mol. The van der Waals surface area contributed by atoms with Gasteiger partial charge < -0.3 is 9.42 Å². The van der Waals surface area contributed by atoms with Crippen LogP contribution in [0.3, 0.4) is 0 Å². The minimum Gasteiger partial charge on any atom is -0.361 e. The Kier molecular flexibility index (Phi) is 6.73. The summed E-state index contributed by atoms with van der Waals surface area (Å²) in [5.41, 5.74) is 4.74. The zero-order valence-corrected chi connectivity index (χ0v) is 24.0. The van der Waals surface area contributed by atoms with Gasteiger partial charge in [-0.1, -0.05) is 5.16 Å². The number of pyridine rings is 1. The van der Waals surface area contributed by atoms with Crippen LogP contribution in [0.5, 0.6) is 0 Å². The Hall–Kier alpha value is -3.97. The van der Waals surface area contributed by atoms with Gasteiger partial charge in [0.1, 0.15) is 22.1 Å². The van der Waals surface area contributed by atoms with E-state index in [0.29, 0.717) is 46.3 Å². The van der Waals surface area contributed by atoms with E-state index >= 15 is 0 Å². The second-order valence-electron chi connectivity index (χ2n) is 10.2. The van der Waals surface area contributed by atoms with Gasteiger partial charge in [0.05, 0.1) is 28.9 Å². The summed E-state index contributed by atoms with van der Waals surface area (Å²) in [6.45, 7) is 3.68. The molecule has 0 radical (unpaired) electrons. The van der Waals surface area contributed by atoms with Crippen LogP contribution in [0.25, 0.3) is 27.5 Å². The molecule has 1 aromatic carbocycles. The second-order valence-corrected chi connectivity index (χ2v) is 13.2. The Labute approximate surface area is 238 Å². The maximum absolute atomic E-state index is 14.3. The van der Waals surface area contributed by atoms with Gasteiger partial charge in [0.2, 0.25) is 5.91 Å². The van der Waals surface area contributed by atoms with E-state index in [0.717, 1.165) is 35.2 Å². The van der Waals surface area contributed by atoms with Crippen LogP contribution >= 0.6 is 11.3 Å². The first-order chi connectivity index (χ1) is 19.5. The molecule has 1 aliphatic heterocycles. The van der Waals surface area contributed by atoms with Gasteiger partial charge in [-0.25, -0.2) is 27.2 Å². The molecule has 0 bridgehead atoms. The number of imidazole rings is 1. The molecule has 1 aliphatic rings. The molecule has 13 heteroatoms. The quantitative estimate of drug-likeness (QED) is 0.243. The van der Waals surface area contributed by atoms with Crippen molar-refractivity contribution >= 4 is 38.4 Å². The van der Waals surface area contributed by atoms with Crippen molar-refractivity contribution in [2.75, 3.05) is 11.2 Å². The number of anilines is 1. The number of carbonyl (C=O) groups is 1. The van der Waals surface area contributed by atoms with E-state index in [2.05, 4.69) is 10.1 Å². The molecule has 1 amide bonds. The van der Waals surface area contributed by atoms with E-state index in [-0.39, 0.29) is 23.8 Å². The Morgan fingerprint density at radius 3 is 2.63 bits per heavy atom. The molecule has 1 fully saturated rings. The molecular formula is C28H25F2N5O4S2. The molecule has 6 rings (SSSR count). The Morgan fingerprint density at radius 1 is 1.12 bits per heavy atom. The van der Waals surface area contributed by atoms with Gasteiger partial charge in [-0.2, -0.15) is 0 Å². The predicted octanol–water partition coefficient (Wildman–Crippen LogP) is 5.81. The molecule has 5 aromatic rings. The van der Waals surface area contributed by atoms with Gasteiger partial charge in [0.25, 0.3) is 0 Å². The van der Waals surface area contributed by atoms with Crippen molar-refractivity contribution in [1.29, 1.82) is 0 Å². The van der Waals surface area contributed by atoms with E-state index in [1.165, 1.54) is 22.3 Å². The van der Waals surface area contributed by atoms with Crippen LogP contribution in [-0.4, -0.2) is 40.1 Å². The Bertz CT molecular complexity index is 1910. The third kappa shape index (κ3) is 5.04. The number of carbonyl (C=O) groups excluding carboxylic acids is 1. The fourth-order valence-corrected chi connectivity index (χ4v) is 7.06. The molecule has 0 N–H and O–H groups in total. The number of fused-ring (bicyclic) bond motifs is 1. The third-order valence-corrected chi connectivity index (χ3v) is 8.80. The predicted molar refractivity (Wildman–Crippen MR) is 150 cm³/mol. The number of amides is 1. The number of sulfone groups is 1. The van der Waals surface area contributed by atoms with Crippen LogP contribution in [-0.2, 0) is 20.4 Å². The van der Waals surface area contributed by atoms with Crippen LogP contribution < -0.4 is 4.90 Å². The highest BCUT2D eigenvalue weighted by molar-refractivity contribution is 7.89. The van der Waals surface area contributed by atoms with Crippen LogP contribution in [0.4, 0.5) is 14.5 Å². The number of aryl methyl sites for hydroxylation is 2. The first-order valence-electron chi connectivity index (χ1n) is 12.8. The molecule has 5 heterocycles. The van der Waals surface area contributed by atoms with E-state index in [1.54, 1.807) is 5.38 Å². The lowest BCUT2D eigenvalue weighted by Crippen LogP contribution is -2.38. The average molecular weight is 598 g/mol. The van der Waals surface area contributed by atoms with Gasteiger partial charge in [0, 0.05) is 41.6 Å². The maximum Gasteiger partial charge on any atom is 0.227 e. The summed E-state index contributed by atoms with van der Waals surface area (Å²) >= 11 is 1.28. The van der Waals surface area contributed by atoms with Crippen molar-refractivity contribution in [2.45, 2.75) is 44.9 Å². The number of aromatic nitrogens is 4. The van der Waals surface area contributed by atoms with E-state index in [1.807, 2.05) is 36.6 Å². The lowest BCUT2D eigenvalue weighted by Gasteiger charge is -2.35. The molecule has 1 atom stereocenters. The van der Waals surface area contributed by atoms with Gasteiger partial charge in [-0.3, -0.25) is 9.20 Å². The van der Waals surface area contributed by atoms with Crippen molar-refractivity contribution in [3.05, 3.63) is 76.4 Å². The van der Waals surface area contributed by atoms with E-state index in [9.17, 15) is 22.0 Å². The molecule has 41 heavy (non-hydrogen) atoms. The summed E-state index contributed by atoms with van der Waals surface area (Å²) in [5.74, 6) is -1.84. The van der Waals surface area contributed by atoms with Crippen LogP contribution in [0.2, 0.25) is 0 Å². The highest BCUT2D eigenvalue weighted by Gasteiger charge is 2.36. The number of hydrogen-bond acceptors (Lipinski definition) is 8. The van der Waals surface area contributed by atoms with Crippen molar-refractivity contribution in [1.82, 2.24) is 19.5 Å². The summed E-state index contributed by atoms with van der Waals surface area (Å²) in [6.07, 6.45) is 4.35. The van der Waals surface area contributed by atoms with Crippen LogP contribution in [0.15, 0.2) is 46.4 Å². The van der Waals surface area contributed by atoms with Crippen LogP contribution in [0.1, 0.15) is 48.1 Å². The number of nitrogens with zero attached hydrogens (tertiary/aromatic N) is 5. The number of hydrogen-bond donors (Lipinski definition) is 0. The van der Waals surface area contributed by atoms with E-state index in [4.69, 9.17) is 9.51 Å². The standard InChI is InChI=1S/C28H25F2N5O4S2/c1-15-25(16(2)39-33-15)17-9-10-34-23(11-17)32-26(27(34)28-31-18(13-40-28)14-41(3,37)38)22-5-4-6-24(36)35(22)19-7-8-20(29)21(30)12-19/h7-13,22H,4-6,14H2,1-3H3/t22-/m0/s1. The highest BCUT2D eigenvalue weighted by Crippen LogP contribution is 2.42. The molecule has 1 saturated heterocycles. The van der Waals surface area contributed by atoms with Gasteiger partial charge >= 0.3 is 0 Å². The molecule has 9 nitrogen and oxygen atoms in total. The van der Waals surface area contributed by atoms with Crippen LogP contribution in [0, 0.1) is 25.5 Å². The number of piperidine rings is 1. The molecule has 212 valence electrons. The smallest absolute Gasteiger partial charge is 0.227 e. The van der Waals surface area contributed by atoms with Gasteiger partial charge in [0.15, 0.2) is 21.5 Å². The lowest BCUT2D eigenvalue weighted by molar-refractivity contribution is -0.120.